The lowest BCUT2D eigenvalue weighted by atomic mass is 10.1. The van der Waals surface area contributed by atoms with E-state index in [0.29, 0.717) is 22.8 Å². The Hall–Kier alpha value is -1.82. The number of carbonyl (C=O) groups is 1. The highest BCUT2D eigenvalue weighted by Gasteiger charge is 2.30. The maximum atomic E-state index is 12.4. The van der Waals surface area contributed by atoms with Gasteiger partial charge in [-0.3, -0.25) is 4.79 Å². The minimum Gasteiger partial charge on any atom is -0.294 e. The normalized spacial score (nSPS) is 11.4. The zero-order valence-corrected chi connectivity index (χ0v) is 11.7. The molecule has 0 N–H and O–H groups in total. The minimum atomic E-state index is -4.38. The molecule has 0 unspecified atom stereocenters. The lowest BCUT2D eigenvalue weighted by Gasteiger charge is -2.06. The van der Waals surface area contributed by atoms with E-state index >= 15 is 0 Å². The van der Waals surface area contributed by atoms with Crippen LogP contribution in [0.1, 0.15) is 22.3 Å². The molecule has 0 fully saturated rings. The fraction of sp³-hybridized carbons (Fsp3) is 0.200. The Morgan fingerprint density at radius 1 is 1.10 bits per heavy atom. The maximum Gasteiger partial charge on any atom is 0.417 e. The highest BCUT2D eigenvalue weighted by atomic mass is 32.2. The van der Waals surface area contributed by atoms with Crippen molar-refractivity contribution in [3.8, 4) is 0 Å². The molecule has 0 aliphatic rings. The van der Waals surface area contributed by atoms with Crippen molar-refractivity contribution in [1.82, 2.24) is 4.98 Å². The zero-order valence-electron chi connectivity index (χ0n) is 10.9. The molecule has 1 aromatic heterocycles. The average molecular weight is 311 g/mol. The molecule has 1 heterocycles. The molecule has 2 aromatic rings. The maximum absolute atomic E-state index is 12.4. The number of pyridine rings is 1. The van der Waals surface area contributed by atoms with Crippen LogP contribution in [-0.4, -0.2) is 16.5 Å². The number of thioether (sulfide) groups is 1. The van der Waals surface area contributed by atoms with Gasteiger partial charge >= 0.3 is 6.18 Å². The zero-order chi connectivity index (χ0) is 15.3. The van der Waals surface area contributed by atoms with Gasteiger partial charge in [-0.05, 0) is 12.1 Å². The summed E-state index contributed by atoms with van der Waals surface area (Å²) in [7, 11) is 0. The van der Waals surface area contributed by atoms with Gasteiger partial charge in [0.2, 0.25) is 0 Å². The summed E-state index contributed by atoms with van der Waals surface area (Å²) >= 11 is 1.26. The van der Waals surface area contributed by atoms with E-state index in [4.69, 9.17) is 0 Å². The lowest BCUT2D eigenvalue weighted by Crippen LogP contribution is -2.05. The van der Waals surface area contributed by atoms with Crippen LogP contribution >= 0.6 is 11.8 Å². The smallest absolute Gasteiger partial charge is 0.294 e. The van der Waals surface area contributed by atoms with E-state index in [1.54, 1.807) is 24.3 Å². The summed E-state index contributed by atoms with van der Waals surface area (Å²) in [5.74, 6) is 0.488. The number of Topliss-reactive ketones (excluding diaryl/α,β-unsaturated/α-hetero) is 1. The van der Waals surface area contributed by atoms with Crippen molar-refractivity contribution < 1.29 is 18.0 Å². The van der Waals surface area contributed by atoms with Gasteiger partial charge in [-0.15, -0.1) is 11.8 Å². The number of rotatable bonds is 5. The number of hydrogen-bond acceptors (Lipinski definition) is 3. The largest absolute Gasteiger partial charge is 0.417 e. The summed E-state index contributed by atoms with van der Waals surface area (Å²) < 4.78 is 37.1. The molecule has 6 heteroatoms. The third-order valence-corrected chi connectivity index (χ3v) is 3.68. The van der Waals surface area contributed by atoms with Crippen molar-refractivity contribution in [3.05, 3.63) is 59.8 Å². The summed E-state index contributed by atoms with van der Waals surface area (Å²) in [5.41, 5.74) is -0.134. The highest BCUT2D eigenvalue weighted by Crippen LogP contribution is 2.29. The Labute approximate surface area is 124 Å². The molecule has 21 heavy (non-hydrogen) atoms. The van der Waals surface area contributed by atoms with Gasteiger partial charge in [0.05, 0.1) is 10.6 Å². The molecule has 0 spiro atoms. The van der Waals surface area contributed by atoms with E-state index < -0.39 is 11.7 Å². The predicted molar refractivity (Wildman–Crippen MR) is 75.4 cm³/mol. The van der Waals surface area contributed by atoms with Crippen molar-refractivity contribution in [1.29, 1.82) is 0 Å². The van der Waals surface area contributed by atoms with Crippen molar-refractivity contribution in [2.45, 2.75) is 17.6 Å². The lowest BCUT2D eigenvalue weighted by molar-refractivity contribution is -0.137. The minimum absolute atomic E-state index is 0.00927. The second-order valence-electron chi connectivity index (χ2n) is 4.27. The molecule has 0 saturated heterocycles. The number of halogens is 3. The molecular weight excluding hydrogens is 299 g/mol. The predicted octanol–water partition coefficient (Wildman–Crippen LogP) is 4.47. The SMILES string of the molecule is O=C(CCSc1ccc(C(F)(F)F)cn1)c1ccccc1. The molecule has 1 aromatic carbocycles. The van der Waals surface area contributed by atoms with E-state index in [9.17, 15) is 18.0 Å². The van der Waals surface area contributed by atoms with Crippen LogP contribution in [0.15, 0.2) is 53.7 Å². The topological polar surface area (TPSA) is 30.0 Å². The van der Waals surface area contributed by atoms with Crippen molar-refractivity contribution in [2.24, 2.45) is 0 Å². The first-order chi connectivity index (χ1) is 9.97. The molecular formula is C15H12F3NOS. The standard InChI is InChI=1S/C15H12F3NOS/c16-15(17,18)12-6-7-14(19-10-12)21-9-8-13(20)11-4-2-1-3-5-11/h1-7,10H,8-9H2. The molecule has 0 bridgehead atoms. The third kappa shape index (κ3) is 4.60. The van der Waals surface area contributed by atoms with Gasteiger partial charge < -0.3 is 0 Å². The van der Waals surface area contributed by atoms with Gasteiger partial charge in [0, 0.05) is 23.9 Å². The van der Waals surface area contributed by atoms with Crippen LogP contribution in [0.2, 0.25) is 0 Å². The Morgan fingerprint density at radius 2 is 1.81 bits per heavy atom. The summed E-state index contributed by atoms with van der Waals surface area (Å²) in [5, 5.41) is 0.476. The third-order valence-electron chi connectivity index (χ3n) is 2.74. The molecule has 0 saturated carbocycles. The molecule has 0 amide bonds. The molecule has 0 aliphatic carbocycles. The Morgan fingerprint density at radius 3 is 2.38 bits per heavy atom. The molecule has 0 atom stereocenters. The second kappa shape index (κ2) is 6.76. The molecule has 2 rings (SSSR count). The Bertz CT molecular complexity index is 597. The monoisotopic (exact) mass is 311 g/mol. The van der Waals surface area contributed by atoms with Crippen LogP contribution in [0.5, 0.6) is 0 Å². The summed E-state index contributed by atoms with van der Waals surface area (Å²) in [6, 6.07) is 11.2. The van der Waals surface area contributed by atoms with Crippen LogP contribution in [-0.2, 0) is 6.18 Å². The van der Waals surface area contributed by atoms with Crippen LogP contribution in [0, 0.1) is 0 Å². The van der Waals surface area contributed by atoms with Gasteiger partial charge in [0.25, 0.3) is 0 Å². The van der Waals surface area contributed by atoms with E-state index in [2.05, 4.69) is 4.98 Å². The fourth-order valence-electron chi connectivity index (χ4n) is 1.65. The van der Waals surface area contributed by atoms with Crippen molar-refractivity contribution in [2.75, 3.05) is 5.75 Å². The number of alkyl halides is 3. The number of aromatic nitrogens is 1. The Balaban J connectivity index is 1.85. The molecule has 110 valence electrons. The van der Waals surface area contributed by atoms with E-state index in [1.807, 2.05) is 6.07 Å². The van der Waals surface area contributed by atoms with E-state index in [0.717, 1.165) is 12.3 Å². The number of ketones is 1. The molecule has 0 aliphatic heterocycles. The fourth-order valence-corrected chi connectivity index (χ4v) is 2.44. The van der Waals surface area contributed by atoms with E-state index in [1.165, 1.54) is 17.8 Å². The van der Waals surface area contributed by atoms with E-state index in [-0.39, 0.29) is 5.78 Å². The van der Waals surface area contributed by atoms with Crippen molar-refractivity contribution in [3.63, 3.8) is 0 Å². The van der Waals surface area contributed by atoms with Gasteiger partial charge in [0.1, 0.15) is 0 Å². The van der Waals surface area contributed by atoms with Gasteiger partial charge in [0.15, 0.2) is 5.78 Å². The second-order valence-corrected chi connectivity index (χ2v) is 5.39. The van der Waals surface area contributed by atoms with Crippen LogP contribution in [0.4, 0.5) is 13.2 Å². The van der Waals surface area contributed by atoms with Crippen molar-refractivity contribution >= 4 is 17.5 Å². The number of carbonyl (C=O) groups excluding carboxylic acids is 1. The quantitative estimate of drug-likeness (QED) is 0.603. The van der Waals surface area contributed by atoms with Crippen LogP contribution in [0.3, 0.4) is 0 Å². The van der Waals surface area contributed by atoms with Gasteiger partial charge in [-0.25, -0.2) is 4.98 Å². The summed E-state index contributed by atoms with van der Waals surface area (Å²) in [6.45, 7) is 0. The van der Waals surface area contributed by atoms with Gasteiger partial charge in [-0.2, -0.15) is 13.2 Å². The first kappa shape index (κ1) is 15.6. The number of hydrogen-bond donors (Lipinski definition) is 0. The first-order valence-electron chi connectivity index (χ1n) is 6.21. The van der Waals surface area contributed by atoms with Gasteiger partial charge in [-0.1, -0.05) is 30.3 Å². The molecule has 0 radical (unpaired) electrons. The van der Waals surface area contributed by atoms with Crippen LogP contribution < -0.4 is 0 Å². The number of nitrogens with zero attached hydrogens (tertiary/aromatic N) is 1. The number of benzene rings is 1. The first-order valence-corrected chi connectivity index (χ1v) is 7.19. The van der Waals surface area contributed by atoms with Crippen LogP contribution in [0.25, 0.3) is 0 Å². The Kier molecular flexibility index (Phi) is 5.01. The summed E-state index contributed by atoms with van der Waals surface area (Å²) in [4.78, 5) is 15.6. The average Bonchev–Trinajstić information content (AvgIpc) is 2.47. The highest BCUT2D eigenvalue weighted by molar-refractivity contribution is 7.99. The summed E-state index contributed by atoms with van der Waals surface area (Å²) in [6.07, 6.45) is -3.25. The molecule has 2 nitrogen and oxygen atoms in total.